The van der Waals surface area contributed by atoms with E-state index in [0.29, 0.717) is 11.3 Å². The quantitative estimate of drug-likeness (QED) is 0.564. The maximum absolute atomic E-state index is 12.9. The van der Waals surface area contributed by atoms with Gasteiger partial charge in [0.05, 0.1) is 11.3 Å². The molecule has 1 amide bonds. The number of hydrogen-bond acceptors (Lipinski definition) is 2. The summed E-state index contributed by atoms with van der Waals surface area (Å²) in [5.74, 6) is -0.599. The van der Waals surface area contributed by atoms with E-state index in [1.54, 1.807) is 25.3 Å². The minimum Gasteiger partial charge on any atom is -0.360 e. The fourth-order valence-electron chi connectivity index (χ4n) is 2.21. The number of carbonyl (C=O) groups is 1. The minimum atomic E-state index is -0.306. The van der Waals surface area contributed by atoms with Gasteiger partial charge < -0.3 is 4.98 Å². The first-order valence-corrected chi connectivity index (χ1v) is 6.82. The van der Waals surface area contributed by atoms with Gasteiger partial charge in [0, 0.05) is 17.1 Å². The van der Waals surface area contributed by atoms with Crippen molar-refractivity contribution < 1.29 is 9.18 Å². The molecule has 3 rings (SSSR count). The summed E-state index contributed by atoms with van der Waals surface area (Å²) in [6.07, 6.45) is 1.66. The first kappa shape index (κ1) is 14.0. The van der Waals surface area contributed by atoms with Crippen molar-refractivity contribution >= 4 is 22.5 Å². The van der Waals surface area contributed by atoms with Crippen LogP contribution < -0.4 is 5.43 Å². The molecule has 4 nitrogen and oxygen atoms in total. The minimum absolute atomic E-state index is 0.293. The van der Waals surface area contributed by atoms with Crippen LogP contribution in [0.5, 0.6) is 0 Å². The molecule has 0 aliphatic carbocycles. The van der Waals surface area contributed by atoms with Crippen LogP contribution in [0.25, 0.3) is 10.9 Å². The SMILES string of the molecule is C/C(=N/NC(=O)c1c[nH]c2ccccc12)c1ccc(F)cc1. The van der Waals surface area contributed by atoms with Crippen molar-refractivity contribution in [3.63, 3.8) is 0 Å². The lowest BCUT2D eigenvalue weighted by molar-refractivity contribution is 0.0956. The summed E-state index contributed by atoms with van der Waals surface area (Å²) in [4.78, 5) is 15.3. The highest BCUT2D eigenvalue weighted by molar-refractivity contribution is 6.07. The second-order valence-corrected chi connectivity index (χ2v) is 4.89. The van der Waals surface area contributed by atoms with Crippen LogP contribution in [-0.4, -0.2) is 16.6 Å². The highest BCUT2D eigenvalue weighted by Crippen LogP contribution is 2.17. The molecule has 22 heavy (non-hydrogen) atoms. The molecule has 5 heteroatoms. The average molecular weight is 295 g/mol. The van der Waals surface area contributed by atoms with E-state index in [1.807, 2.05) is 24.3 Å². The van der Waals surface area contributed by atoms with Crippen molar-refractivity contribution in [2.24, 2.45) is 5.10 Å². The van der Waals surface area contributed by atoms with Gasteiger partial charge in [0.25, 0.3) is 5.91 Å². The molecule has 2 N–H and O–H groups in total. The van der Waals surface area contributed by atoms with Crippen molar-refractivity contribution in [3.05, 3.63) is 71.7 Å². The first-order chi connectivity index (χ1) is 10.6. The van der Waals surface area contributed by atoms with Gasteiger partial charge in [-0.05, 0) is 30.7 Å². The third kappa shape index (κ3) is 2.74. The number of para-hydroxylation sites is 1. The van der Waals surface area contributed by atoms with Crippen LogP contribution >= 0.6 is 0 Å². The zero-order valence-corrected chi connectivity index (χ0v) is 11.9. The van der Waals surface area contributed by atoms with Gasteiger partial charge in [-0.25, -0.2) is 9.82 Å². The highest BCUT2D eigenvalue weighted by Gasteiger charge is 2.11. The van der Waals surface area contributed by atoms with Crippen molar-refractivity contribution in [1.29, 1.82) is 0 Å². The van der Waals surface area contributed by atoms with Crippen molar-refractivity contribution in [2.45, 2.75) is 6.92 Å². The molecule has 3 aromatic rings. The Morgan fingerprint density at radius 1 is 1.14 bits per heavy atom. The van der Waals surface area contributed by atoms with Gasteiger partial charge in [-0.1, -0.05) is 30.3 Å². The molecule has 0 fully saturated rings. The van der Waals surface area contributed by atoms with E-state index in [1.165, 1.54) is 12.1 Å². The van der Waals surface area contributed by atoms with E-state index in [2.05, 4.69) is 15.5 Å². The molecule has 1 aromatic heterocycles. The summed E-state index contributed by atoms with van der Waals surface area (Å²) in [5, 5.41) is 4.91. The summed E-state index contributed by atoms with van der Waals surface area (Å²) in [6.45, 7) is 1.75. The molecular weight excluding hydrogens is 281 g/mol. The number of benzene rings is 2. The van der Waals surface area contributed by atoms with E-state index < -0.39 is 0 Å². The molecule has 0 spiro atoms. The van der Waals surface area contributed by atoms with Crippen molar-refractivity contribution in [3.8, 4) is 0 Å². The van der Waals surface area contributed by atoms with E-state index in [4.69, 9.17) is 0 Å². The molecule has 0 aliphatic rings. The molecule has 0 radical (unpaired) electrons. The number of nitrogens with zero attached hydrogens (tertiary/aromatic N) is 1. The number of H-pyrrole nitrogens is 1. The van der Waals surface area contributed by atoms with E-state index in [0.717, 1.165) is 16.5 Å². The number of fused-ring (bicyclic) bond motifs is 1. The predicted octanol–water partition coefficient (Wildman–Crippen LogP) is 3.46. The lowest BCUT2D eigenvalue weighted by Gasteiger charge is -2.02. The topological polar surface area (TPSA) is 57.2 Å². The second kappa shape index (κ2) is 5.81. The van der Waals surface area contributed by atoms with Crippen LogP contribution in [0.1, 0.15) is 22.8 Å². The molecular formula is C17H14FN3O. The molecule has 0 saturated heterocycles. The molecule has 110 valence electrons. The Hall–Kier alpha value is -2.95. The summed E-state index contributed by atoms with van der Waals surface area (Å²) in [6, 6.07) is 13.5. The summed E-state index contributed by atoms with van der Waals surface area (Å²) in [7, 11) is 0. The zero-order valence-electron chi connectivity index (χ0n) is 11.9. The lowest BCUT2D eigenvalue weighted by Crippen LogP contribution is -2.19. The number of nitrogens with one attached hydrogen (secondary N) is 2. The maximum Gasteiger partial charge on any atom is 0.273 e. The van der Waals surface area contributed by atoms with Gasteiger partial charge in [0.2, 0.25) is 0 Å². The number of hydrogen-bond donors (Lipinski definition) is 2. The van der Waals surface area contributed by atoms with Crippen LogP contribution in [0.2, 0.25) is 0 Å². The third-order valence-corrected chi connectivity index (χ3v) is 3.42. The predicted molar refractivity (Wildman–Crippen MR) is 84.4 cm³/mol. The molecule has 0 bridgehead atoms. The van der Waals surface area contributed by atoms with Gasteiger partial charge in [0.15, 0.2) is 0 Å². The van der Waals surface area contributed by atoms with Crippen LogP contribution in [0, 0.1) is 5.82 Å². The second-order valence-electron chi connectivity index (χ2n) is 4.89. The van der Waals surface area contributed by atoms with Crippen molar-refractivity contribution in [2.75, 3.05) is 0 Å². The summed E-state index contributed by atoms with van der Waals surface area (Å²) in [5.41, 5.74) is 5.31. The number of carbonyl (C=O) groups excluding carboxylic acids is 1. The number of aromatic amines is 1. The van der Waals surface area contributed by atoms with Crippen molar-refractivity contribution in [1.82, 2.24) is 10.4 Å². The first-order valence-electron chi connectivity index (χ1n) is 6.82. The molecule has 0 aliphatic heterocycles. The Balaban J connectivity index is 1.79. The van der Waals surface area contributed by atoms with Gasteiger partial charge in [-0.2, -0.15) is 5.10 Å². The summed E-state index contributed by atoms with van der Waals surface area (Å²) >= 11 is 0. The fraction of sp³-hybridized carbons (Fsp3) is 0.0588. The maximum atomic E-state index is 12.9. The van der Waals surface area contributed by atoms with Crippen LogP contribution in [0.4, 0.5) is 4.39 Å². The molecule has 0 unspecified atom stereocenters. The Morgan fingerprint density at radius 3 is 2.64 bits per heavy atom. The molecule has 0 saturated carbocycles. The Kier molecular flexibility index (Phi) is 3.70. The average Bonchev–Trinajstić information content (AvgIpc) is 2.97. The van der Waals surface area contributed by atoms with Gasteiger partial charge in [-0.15, -0.1) is 0 Å². The number of halogens is 1. The van der Waals surface area contributed by atoms with Gasteiger partial charge >= 0.3 is 0 Å². The normalized spacial score (nSPS) is 11.6. The van der Waals surface area contributed by atoms with Gasteiger partial charge in [-0.3, -0.25) is 4.79 Å². The van der Waals surface area contributed by atoms with E-state index in [9.17, 15) is 9.18 Å². The summed E-state index contributed by atoms with van der Waals surface area (Å²) < 4.78 is 12.9. The largest absolute Gasteiger partial charge is 0.360 e. The number of hydrazone groups is 1. The monoisotopic (exact) mass is 295 g/mol. The van der Waals surface area contributed by atoms with Gasteiger partial charge in [0.1, 0.15) is 5.82 Å². The smallest absolute Gasteiger partial charge is 0.273 e. The Bertz CT molecular complexity index is 850. The van der Waals surface area contributed by atoms with Crippen LogP contribution in [-0.2, 0) is 0 Å². The lowest BCUT2D eigenvalue weighted by atomic mass is 10.1. The molecule has 0 atom stereocenters. The van der Waals surface area contributed by atoms with Crippen LogP contribution in [0.3, 0.4) is 0 Å². The number of aromatic nitrogens is 1. The Labute approximate surface area is 126 Å². The molecule has 2 aromatic carbocycles. The number of rotatable bonds is 3. The third-order valence-electron chi connectivity index (χ3n) is 3.42. The van der Waals surface area contributed by atoms with E-state index >= 15 is 0 Å². The fourth-order valence-corrected chi connectivity index (χ4v) is 2.21. The standard InChI is InChI=1S/C17H14FN3O/c1-11(12-6-8-13(18)9-7-12)20-21-17(22)15-10-19-16-5-3-2-4-14(15)16/h2-10,19H,1H3,(H,21,22)/b20-11-. The Morgan fingerprint density at radius 2 is 1.86 bits per heavy atom. The number of amides is 1. The highest BCUT2D eigenvalue weighted by atomic mass is 19.1. The van der Waals surface area contributed by atoms with E-state index in [-0.39, 0.29) is 11.7 Å². The molecule has 1 heterocycles. The van der Waals surface area contributed by atoms with Crippen LogP contribution in [0.15, 0.2) is 59.8 Å². The zero-order chi connectivity index (χ0) is 15.5.